The summed E-state index contributed by atoms with van der Waals surface area (Å²) in [5.41, 5.74) is 1.88. The maximum Gasteiger partial charge on any atom is 0.244 e. The Bertz CT molecular complexity index is 1120. The number of hydrogen-bond acceptors (Lipinski definition) is 4. The third-order valence-corrected chi connectivity index (χ3v) is 6.63. The molecule has 2 amide bonds. The van der Waals surface area contributed by atoms with Gasteiger partial charge in [0.2, 0.25) is 21.8 Å². The van der Waals surface area contributed by atoms with Crippen LogP contribution in [-0.4, -0.2) is 50.5 Å². The smallest absolute Gasteiger partial charge is 0.244 e. The van der Waals surface area contributed by atoms with Gasteiger partial charge in [-0.15, -0.1) is 0 Å². The van der Waals surface area contributed by atoms with Gasteiger partial charge < -0.3 is 10.2 Å². The Kier molecular flexibility index (Phi) is 9.46. The second-order valence-electron chi connectivity index (χ2n) is 8.69. The highest BCUT2D eigenvalue weighted by Gasteiger charge is 2.30. The van der Waals surface area contributed by atoms with E-state index >= 15 is 0 Å². The van der Waals surface area contributed by atoms with Crippen LogP contribution in [-0.2, 0) is 26.2 Å². The SMILES string of the molecule is Cc1ccc(CN(C(=O)CN(c2ccc(F)c(Cl)c2)S(C)(=O)=O)[C@H](C)C(=O)NCC(C)C)cc1. The summed E-state index contributed by atoms with van der Waals surface area (Å²) in [7, 11) is -3.92. The highest BCUT2D eigenvalue weighted by atomic mass is 35.5. The molecule has 7 nitrogen and oxygen atoms in total. The molecule has 0 fully saturated rings. The molecule has 0 aromatic heterocycles. The monoisotopic (exact) mass is 511 g/mol. The fraction of sp³-hybridized carbons (Fsp3) is 0.417. The number of carbonyl (C=O) groups excluding carboxylic acids is 2. The van der Waals surface area contributed by atoms with Crippen molar-refractivity contribution < 1.29 is 22.4 Å². The van der Waals surface area contributed by atoms with Crippen molar-refractivity contribution in [2.45, 2.75) is 40.3 Å². The van der Waals surface area contributed by atoms with Crippen molar-refractivity contribution in [1.82, 2.24) is 10.2 Å². The molecule has 10 heteroatoms. The van der Waals surface area contributed by atoms with Crippen LogP contribution in [0.1, 0.15) is 31.9 Å². The lowest BCUT2D eigenvalue weighted by Crippen LogP contribution is -2.51. The van der Waals surface area contributed by atoms with E-state index in [1.807, 2.05) is 45.0 Å². The fourth-order valence-corrected chi connectivity index (χ4v) is 4.20. The van der Waals surface area contributed by atoms with Crippen LogP contribution in [0.4, 0.5) is 10.1 Å². The van der Waals surface area contributed by atoms with E-state index in [1.165, 1.54) is 11.0 Å². The summed E-state index contributed by atoms with van der Waals surface area (Å²) in [4.78, 5) is 27.5. The fourth-order valence-electron chi connectivity index (χ4n) is 3.18. The van der Waals surface area contributed by atoms with Gasteiger partial charge in [-0.1, -0.05) is 55.3 Å². The molecule has 0 heterocycles. The second kappa shape index (κ2) is 11.7. The second-order valence-corrected chi connectivity index (χ2v) is 11.0. The molecule has 0 aliphatic rings. The van der Waals surface area contributed by atoms with Crippen LogP contribution in [0.25, 0.3) is 0 Å². The highest BCUT2D eigenvalue weighted by molar-refractivity contribution is 7.92. The zero-order valence-corrected chi connectivity index (χ0v) is 21.6. The Morgan fingerprint density at radius 2 is 1.71 bits per heavy atom. The summed E-state index contributed by atoms with van der Waals surface area (Å²) in [6.45, 7) is 7.43. The van der Waals surface area contributed by atoms with Crippen LogP contribution in [0.5, 0.6) is 0 Å². The lowest BCUT2D eigenvalue weighted by atomic mass is 10.1. The number of anilines is 1. The molecule has 0 saturated heterocycles. The highest BCUT2D eigenvalue weighted by Crippen LogP contribution is 2.25. The van der Waals surface area contributed by atoms with E-state index in [0.29, 0.717) is 6.54 Å². The first-order valence-electron chi connectivity index (χ1n) is 10.8. The van der Waals surface area contributed by atoms with Crippen molar-refractivity contribution in [2.75, 3.05) is 23.7 Å². The number of rotatable bonds is 10. The van der Waals surface area contributed by atoms with E-state index < -0.39 is 34.3 Å². The molecule has 2 aromatic rings. The summed E-state index contributed by atoms with van der Waals surface area (Å²) in [5, 5.41) is 2.55. The number of benzene rings is 2. The van der Waals surface area contributed by atoms with Crippen LogP contribution in [0.15, 0.2) is 42.5 Å². The van der Waals surface area contributed by atoms with Crippen LogP contribution in [0.2, 0.25) is 5.02 Å². The maximum absolute atomic E-state index is 13.6. The minimum atomic E-state index is -3.92. The average molecular weight is 512 g/mol. The van der Waals surface area contributed by atoms with Gasteiger partial charge >= 0.3 is 0 Å². The predicted molar refractivity (Wildman–Crippen MR) is 133 cm³/mol. The zero-order valence-electron chi connectivity index (χ0n) is 20.0. The Morgan fingerprint density at radius 3 is 2.24 bits per heavy atom. The van der Waals surface area contributed by atoms with Crippen LogP contribution >= 0.6 is 11.6 Å². The van der Waals surface area contributed by atoms with Crippen molar-refractivity contribution in [1.29, 1.82) is 0 Å². The summed E-state index contributed by atoms with van der Waals surface area (Å²) in [6, 6.07) is 10.0. The quantitative estimate of drug-likeness (QED) is 0.526. The van der Waals surface area contributed by atoms with E-state index in [0.717, 1.165) is 33.8 Å². The van der Waals surface area contributed by atoms with Gasteiger partial charge in [0.05, 0.1) is 17.0 Å². The van der Waals surface area contributed by atoms with Crippen molar-refractivity contribution in [3.8, 4) is 0 Å². The van der Waals surface area contributed by atoms with E-state index in [-0.39, 0.29) is 29.1 Å². The maximum atomic E-state index is 13.6. The number of carbonyl (C=O) groups is 2. The van der Waals surface area contributed by atoms with Gasteiger partial charge in [-0.25, -0.2) is 12.8 Å². The van der Waals surface area contributed by atoms with E-state index in [2.05, 4.69) is 5.32 Å². The molecule has 2 rings (SSSR count). The van der Waals surface area contributed by atoms with Crippen molar-refractivity contribution >= 4 is 39.1 Å². The lowest BCUT2D eigenvalue weighted by molar-refractivity contribution is -0.139. The molecule has 0 saturated carbocycles. The molecule has 186 valence electrons. The third kappa shape index (κ3) is 7.70. The van der Waals surface area contributed by atoms with E-state index in [1.54, 1.807) is 6.92 Å². The summed E-state index contributed by atoms with van der Waals surface area (Å²) in [5.74, 6) is -1.41. The molecule has 1 atom stereocenters. The van der Waals surface area contributed by atoms with E-state index in [9.17, 15) is 22.4 Å². The summed E-state index contributed by atoms with van der Waals surface area (Å²) < 4.78 is 39.5. The number of halogens is 2. The van der Waals surface area contributed by atoms with Crippen molar-refractivity contribution in [3.63, 3.8) is 0 Å². The van der Waals surface area contributed by atoms with Gasteiger partial charge in [0.25, 0.3) is 0 Å². The normalized spacial score (nSPS) is 12.4. The molecule has 1 N–H and O–H groups in total. The molecule has 0 bridgehead atoms. The van der Waals surface area contributed by atoms with Crippen molar-refractivity contribution in [2.24, 2.45) is 5.92 Å². The molecular formula is C24H31ClFN3O4S. The minimum absolute atomic E-state index is 0.0504. The number of nitrogens with zero attached hydrogens (tertiary/aromatic N) is 2. The van der Waals surface area contributed by atoms with Gasteiger partial charge in [-0.3, -0.25) is 13.9 Å². The van der Waals surface area contributed by atoms with Gasteiger partial charge in [0.1, 0.15) is 18.4 Å². The van der Waals surface area contributed by atoms with Gasteiger partial charge in [0.15, 0.2) is 0 Å². The number of aryl methyl sites for hydroxylation is 1. The molecule has 0 aliphatic carbocycles. The Balaban J connectivity index is 2.37. The topological polar surface area (TPSA) is 86.8 Å². The van der Waals surface area contributed by atoms with Crippen LogP contribution in [0.3, 0.4) is 0 Å². The molecule has 0 radical (unpaired) electrons. The number of nitrogens with one attached hydrogen (secondary N) is 1. The predicted octanol–water partition coefficient (Wildman–Crippen LogP) is 3.74. The molecule has 34 heavy (non-hydrogen) atoms. The standard InChI is InChI=1S/C24H31ClFN3O4S/c1-16(2)13-27-24(31)18(4)28(14-19-8-6-17(3)7-9-19)23(30)15-29(34(5,32)33)20-10-11-22(26)21(25)12-20/h6-12,16,18H,13-15H2,1-5H3,(H,27,31)/t18-/m1/s1. The van der Waals surface area contributed by atoms with Crippen LogP contribution < -0.4 is 9.62 Å². The first-order valence-corrected chi connectivity index (χ1v) is 13.1. The molecule has 2 aromatic carbocycles. The minimum Gasteiger partial charge on any atom is -0.354 e. The first-order chi connectivity index (χ1) is 15.8. The summed E-state index contributed by atoms with van der Waals surface area (Å²) >= 11 is 5.83. The van der Waals surface area contributed by atoms with Crippen LogP contribution in [0, 0.1) is 18.7 Å². The first kappa shape index (κ1) is 27.6. The Morgan fingerprint density at radius 1 is 1.09 bits per heavy atom. The molecular weight excluding hydrogens is 481 g/mol. The molecule has 0 spiro atoms. The molecule has 0 unspecified atom stereocenters. The number of amides is 2. The average Bonchev–Trinajstić information content (AvgIpc) is 2.76. The zero-order chi connectivity index (χ0) is 25.6. The lowest BCUT2D eigenvalue weighted by Gasteiger charge is -2.31. The largest absolute Gasteiger partial charge is 0.354 e. The Hall–Kier alpha value is -2.65. The van der Waals surface area contributed by atoms with Gasteiger partial charge in [-0.2, -0.15) is 0 Å². The third-order valence-electron chi connectivity index (χ3n) is 5.20. The Labute approximate surface area is 205 Å². The number of hydrogen-bond donors (Lipinski definition) is 1. The van der Waals surface area contributed by atoms with Crippen molar-refractivity contribution in [3.05, 3.63) is 64.4 Å². The van der Waals surface area contributed by atoms with Gasteiger partial charge in [-0.05, 0) is 43.5 Å². The molecule has 0 aliphatic heterocycles. The van der Waals surface area contributed by atoms with Gasteiger partial charge in [0, 0.05) is 13.1 Å². The van der Waals surface area contributed by atoms with E-state index in [4.69, 9.17) is 11.6 Å². The number of sulfonamides is 1. The summed E-state index contributed by atoms with van der Waals surface area (Å²) in [6.07, 6.45) is 0.945.